The van der Waals surface area contributed by atoms with Crippen molar-refractivity contribution >= 4 is 17.1 Å². The molecule has 1 aliphatic rings. The molecule has 1 aliphatic heterocycles. The minimum Gasteiger partial charge on any atom is -0.411 e. The Morgan fingerprint density at radius 2 is 1.44 bits per heavy atom. The van der Waals surface area contributed by atoms with Crippen molar-refractivity contribution in [1.82, 2.24) is 0 Å². The number of nitrogens with zero attached hydrogens (tertiary/aromatic N) is 3. The second kappa shape index (κ2) is 7.50. The molecule has 1 fully saturated rings. The van der Waals surface area contributed by atoms with Crippen molar-refractivity contribution in [2.75, 3.05) is 0 Å². The van der Waals surface area contributed by atoms with Crippen LogP contribution in [0, 0.1) is 26.1 Å². The molecule has 0 aliphatic carbocycles. The SMILES string of the molecule is C[C@@H]1/C(=N/O)C[C@@H](c2ccc([N+](=O)[O-])cc2)[NH2+][C@@H]1c1ccc([N+](=O)[O-])cc1. The van der Waals surface area contributed by atoms with Crippen LogP contribution in [0.25, 0.3) is 0 Å². The molecule has 1 saturated heterocycles. The van der Waals surface area contributed by atoms with Gasteiger partial charge in [-0.25, -0.2) is 0 Å². The summed E-state index contributed by atoms with van der Waals surface area (Å²) in [6.45, 7) is 1.95. The summed E-state index contributed by atoms with van der Waals surface area (Å²) in [5, 5.41) is 36.7. The van der Waals surface area contributed by atoms with E-state index in [1.54, 1.807) is 24.3 Å². The van der Waals surface area contributed by atoms with Crippen LogP contribution in [0.3, 0.4) is 0 Å². The van der Waals surface area contributed by atoms with Gasteiger partial charge in [0.2, 0.25) is 0 Å². The van der Waals surface area contributed by atoms with Gasteiger partial charge in [-0.2, -0.15) is 0 Å². The molecule has 2 aromatic carbocycles. The smallest absolute Gasteiger partial charge is 0.269 e. The van der Waals surface area contributed by atoms with Crippen molar-refractivity contribution < 1.29 is 20.4 Å². The Morgan fingerprint density at radius 3 is 1.89 bits per heavy atom. The van der Waals surface area contributed by atoms with Gasteiger partial charge in [0.05, 0.1) is 21.5 Å². The van der Waals surface area contributed by atoms with Gasteiger partial charge in [0.1, 0.15) is 12.1 Å². The van der Waals surface area contributed by atoms with Crippen molar-refractivity contribution in [1.29, 1.82) is 0 Å². The molecule has 3 atom stereocenters. The first-order valence-electron chi connectivity index (χ1n) is 8.45. The van der Waals surface area contributed by atoms with Gasteiger partial charge >= 0.3 is 0 Å². The number of hydrogen-bond donors (Lipinski definition) is 2. The van der Waals surface area contributed by atoms with E-state index >= 15 is 0 Å². The molecule has 1 heterocycles. The van der Waals surface area contributed by atoms with Gasteiger partial charge < -0.3 is 10.5 Å². The number of quaternary nitrogens is 1. The summed E-state index contributed by atoms with van der Waals surface area (Å²) in [5.74, 6) is -0.0641. The topological polar surface area (TPSA) is 135 Å². The lowest BCUT2D eigenvalue weighted by Gasteiger charge is -2.33. The zero-order valence-electron chi connectivity index (χ0n) is 14.6. The number of nitro groups is 2. The van der Waals surface area contributed by atoms with Crippen LogP contribution in [-0.2, 0) is 0 Å². The third-order valence-electron chi connectivity index (χ3n) is 5.08. The molecular weight excluding hydrogens is 352 g/mol. The van der Waals surface area contributed by atoms with Gasteiger partial charge in [-0.3, -0.25) is 20.2 Å². The monoisotopic (exact) mass is 371 g/mol. The third kappa shape index (κ3) is 3.77. The average Bonchev–Trinajstić information content (AvgIpc) is 2.68. The molecule has 9 heteroatoms. The first kappa shape index (κ1) is 18.5. The highest BCUT2D eigenvalue weighted by molar-refractivity contribution is 5.87. The Kier molecular flexibility index (Phi) is 5.13. The molecule has 0 bridgehead atoms. The van der Waals surface area contributed by atoms with E-state index in [2.05, 4.69) is 10.5 Å². The van der Waals surface area contributed by atoms with E-state index in [1.165, 1.54) is 24.3 Å². The summed E-state index contributed by atoms with van der Waals surface area (Å²) in [5.41, 5.74) is 2.45. The predicted molar refractivity (Wildman–Crippen MR) is 96.6 cm³/mol. The van der Waals surface area contributed by atoms with E-state index in [4.69, 9.17) is 0 Å². The molecule has 0 spiro atoms. The number of rotatable bonds is 4. The van der Waals surface area contributed by atoms with Crippen molar-refractivity contribution in [3.63, 3.8) is 0 Å². The van der Waals surface area contributed by atoms with Crippen LogP contribution in [0.1, 0.15) is 36.6 Å². The second-order valence-electron chi connectivity index (χ2n) is 6.61. The maximum atomic E-state index is 10.9. The number of non-ortho nitro benzene ring substituents is 2. The highest BCUT2D eigenvalue weighted by Crippen LogP contribution is 2.31. The van der Waals surface area contributed by atoms with E-state index in [0.29, 0.717) is 12.1 Å². The maximum Gasteiger partial charge on any atom is 0.269 e. The molecule has 0 amide bonds. The Bertz CT molecular complexity index is 880. The predicted octanol–water partition coefficient (Wildman–Crippen LogP) is 2.72. The summed E-state index contributed by atoms with van der Waals surface area (Å²) >= 11 is 0. The van der Waals surface area contributed by atoms with Gasteiger partial charge in [-0.15, -0.1) is 0 Å². The molecule has 140 valence electrons. The van der Waals surface area contributed by atoms with Gasteiger partial charge in [-0.05, 0) is 24.3 Å². The lowest BCUT2D eigenvalue weighted by atomic mass is 9.81. The molecule has 27 heavy (non-hydrogen) atoms. The minimum atomic E-state index is -0.448. The van der Waals surface area contributed by atoms with Crippen LogP contribution >= 0.6 is 0 Å². The number of nitrogens with two attached hydrogens (primary N) is 1. The summed E-state index contributed by atoms with van der Waals surface area (Å²) in [6.07, 6.45) is 0.513. The largest absolute Gasteiger partial charge is 0.411 e. The lowest BCUT2D eigenvalue weighted by molar-refractivity contribution is -0.741. The standard InChI is InChI=1S/C18H18N4O5/c1-11-16(20-23)10-17(12-2-6-14(7-3-12)21(24)25)19-18(11)13-4-8-15(9-5-13)22(26)27/h2-9,11,17-19,23H,10H2,1H3/p+1/b20-16+/t11-,17+,18+/m1/s1. The van der Waals surface area contributed by atoms with E-state index in [9.17, 15) is 25.4 Å². The fourth-order valence-corrected chi connectivity index (χ4v) is 3.53. The second-order valence-corrected chi connectivity index (χ2v) is 6.61. The van der Waals surface area contributed by atoms with E-state index in [1.807, 2.05) is 6.92 Å². The number of oxime groups is 1. The fourth-order valence-electron chi connectivity index (χ4n) is 3.53. The van der Waals surface area contributed by atoms with Crippen molar-refractivity contribution in [3.8, 4) is 0 Å². The van der Waals surface area contributed by atoms with Crippen LogP contribution in [-0.4, -0.2) is 20.8 Å². The highest BCUT2D eigenvalue weighted by atomic mass is 16.6. The van der Waals surface area contributed by atoms with Crippen molar-refractivity contribution in [2.24, 2.45) is 11.1 Å². The van der Waals surface area contributed by atoms with Crippen LogP contribution in [0.4, 0.5) is 11.4 Å². The van der Waals surface area contributed by atoms with Gasteiger partial charge in [0.15, 0.2) is 0 Å². The Labute approximate surface area is 154 Å². The highest BCUT2D eigenvalue weighted by Gasteiger charge is 2.38. The number of hydrogen-bond acceptors (Lipinski definition) is 6. The summed E-state index contributed by atoms with van der Waals surface area (Å²) < 4.78 is 0. The molecule has 0 unspecified atom stereocenters. The lowest BCUT2D eigenvalue weighted by Crippen LogP contribution is -2.90. The quantitative estimate of drug-likeness (QED) is 0.484. The van der Waals surface area contributed by atoms with Gasteiger partial charge in [0.25, 0.3) is 11.4 Å². The number of nitro benzene ring substituents is 2. The molecule has 9 nitrogen and oxygen atoms in total. The Balaban J connectivity index is 1.89. The van der Waals surface area contributed by atoms with Gasteiger partial charge in [0, 0.05) is 41.8 Å². The first-order valence-corrected chi connectivity index (χ1v) is 8.45. The van der Waals surface area contributed by atoms with Crippen LogP contribution in [0.5, 0.6) is 0 Å². The Morgan fingerprint density at radius 1 is 0.963 bits per heavy atom. The van der Waals surface area contributed by atoms with Crippen LogP contribution in [0.15, 0.2) is 53.7 Å². The molecular formula is C18H19N4O5+. The zero-order valence-corrected chi connectivity index (χ0v) is 14.6. The minimum absolute atomic E-state index is 0.0187. The number of piperidine rings is 1. The molecule has 3 N–H and O–H groups in total. The third-order valence-corrected chi connectivity index (χ3v) is 5.08. The Hall–Kier alpha value is -3.33. The fraction of sp³-hybridized carbons (Fsp3) is 0.278. The number of benzene rings is 2. The van der Waals surface area contributed by atoms with Crippen molar-refractivity contribution in [3.05, 3.63) is 79.9 Å². The van der Waals surface area contributed by atoms with E-state index < -0.39 is 9.85 Å². The average molecular weight is 371 g/mol. The first-order chi connectivity index (χ1) is 12.9. The van der Waals surface area contributed by atoms with E-state index in [-0.39, 0.29) is 29.4 Å². The maximum absolute atomic E-state index is 10.9. The zero-order chi connectivity index (χ0) is 19.6. The molecule has 0 radical (unpaired) electrons. The van der Waals surface area contributed by atoms with Gasteiger partial charge in [-0.1, -0.05) is 12.1 Å². The molecule has 0 aromatic heterocycles. The molecule has 0 saturated carbocycles. The summed E-state index contributed by atoms with van der Waals surface area (Å²) in [4.78, 5) is 20.8. The van der Waals surface area contributed by atoms with E-state index in [0.717, 1.165) is 11.1 Å². The normalized spacial score (nSPS) is 23.9. The molecule has 2 aromatic rings. The summed E-state index contributed by atoms with van der Waals surface area (Å²) in [6, 6.07) is 12.5. The van der Waals surface area contributed by atoms with Crippen LogP contribution in [0.2, 0.25) is 0 Å². The van der Waals surface area contributed by atoms with Crippen molar-refractivity contribution in [2.45, 2.75) is 25.4 Å². The van der Waals surface area contributed by atoms with Crippen LogP contribution < -0.4 is 5.32 Å². The summed E-state index contributed by atoms with van der Waals surface area (Å²) in [7, 11) is 0. The molecule has 3 rings (SSSR count).